The van der Waals surface area contributed by atoms with Crippen LogP contribution >= 0.6 is 27.5 Å². The second kappa shape index (κ2) is 9.22. The van der Waals surface area contributed by atoms with Gasteiger partial charge in [0.1, 0.15) is 5.15 Å². The number of hydrogen-bond donors (Lipinski definition) is 2. The Kier molecular flexibility index (Phi) is 6.57. The van der Waals surface area contributed by atoms with E-state index < -0.39 is 17.6 Å². The standard InChI is InChI=1S/C20H19BrClF3N6O/c21-13-3-6-16-29-19(30-31(16)10-13)27-8-11-1-4-14(5-2-11)28-18(32)15-7-12(20(23,24)25)9-26-17(15)22/h3,6-7,9-11,14H,1-2,4-5,8H2,(H,27,30)(H,28,32). The zero-order chi connectivity index (χ0) is 22.9. The van der Waals surface area contributed by atoms with Crippen molar-refractivity contribution in [3.8, 4) is 0 Å². The molecule has 3 aromatic heterocycles. The Bertz CT molecular complexity index is 1130. The molecule has 4 rings (SSSR count). The Morgan fingerprint density at radius 1 is 1.25 bits per heavy atom. The van der Waals surface area contributed by atoms with Gasteiger partial charge in [-0.25, -0.2) is 9.50 Å². The fraction of sp³-hybridized carbons (Fsp3) is 0.400. The van der Waals surface area contributed by atoms with Gasteiger partial charge in [-0.2, -0.15) is 18.2 Å². The number of nitrogens with one attached hydrogen (secondary N) is 2. The van der Waals surface area contributed by atoms with Crippen LogP contribution in [0.25, 0.3) is 5.65 Å². The number of carbonyl (C=O) groups excluding carboxylic acids is 1. The quantitative estimate of drug-likeness (QED) is 0.455. The summed E-state index contributed by atoms with van der Waals surface area (Å²) in [5.41, 5.74) is -0.533. The van der Waals surface area contributed by atoms with Gasteiger partial charge in [-0.15, -0.1) is 5.10 Å². The Labute approximate surface area is 194 Å². The number of alkyl halides is 3. The third-order valence-corrected chi connectivity index (χ3v) is 6.21. The van der Waals surface area contributed by atoms with Crippen molar-refractivity contribution in [3.63, 3.8) is 0 Å². The maximum absolute atomic E-state index is 12.9. The molecular weight excluding hydrogens is 513 g/mol. The summed E-state index contributed by atoms with van der Waals surface area (Å²) in [6.07, 6.45) is 0.990. The maximum atomic E-state index is 12.9. The van der Waals surface area contributed by atoms with Gasteiger partial charge in [-0.05, 0) is 65.7 Å². The van der Waals surface area contributed by atoms with Gasteiger partial charge in [0.2, 0.25) is 5.95 Å². The second-order valence-corrected chi connectivity index (χ2v) is 8.99. The molecule has 7 nitrogen and oxygen atoms in total. The lowest BCUT2D eigenvalue weighted by Crippen LogP contribution is -2.38. The van der Waals surface area contributed by atoms with E-state index in [9.17, 15) is 18.0 Å². The van der Waals surface area contributed by atoms with Crippen LogP contribution in [0, 0.1) is 5.92 Å². The third kappa shape index (κ3) is 5.32. The number of halogens is 5. The van der Waals surface area contributed by atoms with Crippen LogP contribution in [0.3, 0.4) is 0 Å². The van der Waals surface area contributed by atoms with E-state index in [4.69, 9.17) is 11.6 Å². The highest BCUT2D eigenvalue weighted by Crippen LogP contribution is 2.31. The predicted octanol–water partition coefficient (Wildman–Crippen LogP) is 4.96. The molecule has 0 radical (unpaired) electrons. The first-order chi connectivity index (χ1) is 15.2. The lowest BCUT2D eigenvalue weighted by Gasteiger charge is -2.29. The topological polar surface area (TPSA) is 84.2 Å². The molecule has 32 heavy (non-hydrogen) atoms. The van der Waals surface area contributed by atoms with Crippen LogP contribution in [0.15, 0.2) is 35.1 Å². The number of fused-ring (bicyclic) bond motifs is 1. The maximum Gasteiger partial charge on any atom is 0.417 e. The van der Waals surface area contributed by atoms with E-state index in [-0.39, 0.29) is 16.8 Å². The average Bonchev–Trinajstić information content (AvgIpc) is 3.14. The zero-order valence-corrected chi connectivity index (χ0v) is 19.0. The SMILES string of the molecule is O=C(NC1CCC(CNc2nc3ccc(Br)cn3n2)CC1)c1cc(C(F)(F)F)cnc1Cl. The zero-order valence-electron chi connectivity index (χ0n) is 16.7. The van der Waals surface area contributed by atoms with E-state index >= 15 is 0 Å². The molecule has 3 aromatic rings. The normalized spacial score (nSPS) is 19.2. The molecule has 0 aromatic carbocycles. The molecule has 0 spiro atoms. The van der Waals surface area contributed by atoms with E-state index in [0.717, 1.165) is 29.0 Å². The third-order valence-electron chi connectivity index (χ3n) is 5.44. The highest BCUT2D eigenvalue weighted by Gasteiger charge is 2.33. The van der Waals surface area contributed by atoms with Crippen molar-refractivity contribution in [3.05, 3.63) is 51.3 Å². The number of carbonyl (C=O) groups is 1. The first-order valence-corrected chi connectivity index (χ1v) is 11.2. The van der Waals surface area contributed by atoms with Gasteiger partial charge in [-0.1, -0.05) is 11.6 Å². The summed E-state index contributed by atoms with van der Waals surface area (Å²) in [6, 6.07) is 4.37. The fourth-order valence-electron chi connectivity index (χ4n) is 3.70. The van der Waals surface area contributed by atoms with Gasteiger partial charge >= 0.3 is 6.18 Å². The molecule has 0 atom stereocenters. The number of hydrogen-bond acceptors (Lipinski definition) is 5. The molecule has 170 valence electrons. The van der Waals surface area contributed by atoms with Crippen LogP contribution in [-0.2, 0) is 6.18 Å². The number of anilines is 1. The van der Waals surface area contributed by atoms with Crippen molar-refractivity contribution in [2.45, 2.75) is 37.9 Å². The molecule has 12 heteroatoms. The minimum atomic E-state index is -4.59. The summed E-state index contributed by atoms with van der Waals surface area (Å²) in [4.78, 5) is 20.4. The molecule has 1 amide bonds. The molecule has 0 aliphatic heterocycles. The van der Waals surface area contributed by atoms with Crippen molar-refractivity contribution < 1.29 is 18.0 Å². The molecule has 0 bridgehead atoms. The smallest absolute Gasteiger partial charge is 0.353 e. The summed E-state index contributed by atoms with van der Waals surface area (Å²) in [7, 11) is 0. The molecule has 0 saturated heterocycles. The fourth-order valence-corrected chi connectivity index (χ4v) is 4.22. The summed E-state index contributed by atoms with van der Waals surface area (Å²) in [5, 5.41) is 10.2. The lowest BCUT2D eigenvalue weighted by atomic mass is 9.86. The van der Waals surface area contributed by atoms with Crippen molar-refractivity contribution in [2.75, 3.05) is 11.9 Å². The van der Waals surface area contributed by atoms with Crippen LogP contribution in [0.1, 0.15) is 41.6 Å². The Morgan fingerprint density at radius 3 is 2.72 bits per heavy atom. The van der Waals surface area contributed by atoms with Crippen LogP contribution in [0.4, 0.5) is 19.1 Å². The van der Waals surface area contributed by atoms with Crippen LogP contribution in [0.5, 0.6) is 0 Å². The van der Waals surface area contributed by atoms with Gasteiger partial charge in [0.25, 0.3) is 5.91 Å². The summed E-state index contributed by atoms with van der Waals surface area (Å²) >= 11 is 9.25. The largest absolute Gasteiger partial charge is 0.417 e. The summed E-state index contributed by atoms with van der Waals surface area (Å²) in [6.45, 7) is 0.697. The van der Waals surface area contributed by atoms with E-state index in [2.05, 4.69) is 41.6 Å². The van der Waals surface area contributed by atoms with E-state index in [1.165, 1.54) is 0 Å². The molecular formula is C20H19BrClF3N6O. The Morgan fingerprint density at radius 2 is 2.00 bits per heavy atom. The summed E-state index contributed by atoms with van der Waals surface area (Å²) in [5.74, 6) is 0.278. The predicted molar refractivity (Wildman–Crippen MR) is 117 cm³/mol. The van der Waals surface area contributed by atoms with Crippen molar-refractivity contribution >= 4 is 45.0 Å². The van der Waals surface area contributed by atoms with Gasteiger partial charge in [0.05, 0.1) is 11.1 Å². The minimum absolute atomic E-state index is 0.130. The molecule has 1 fully saturated rings. The molecule has 0 unspecified atom stereocenters. The van der Waals surface area contributed by atoms with Crippen LogP contribution in [0.2, 0.25) is 5.15 Å². The molecule has 1 aliphatic rings. The number of rotatable bonds is 5. The molecule has 2 N–H and O–H groups in total. The van der Waals surface area contributed by atoms with Crippen molar-refractivity contribution in [2.24, 2.45) is 5.92 Å². The van der Waals surface area contributed by atoms with Gasteiger partial charge < -0.3 is 10.6 Å². The molecule has 1 saturated carbocycles. The van der Waals surface area contributed by atoms with E-state index in [0.29, 0.717) is 37.4 Å². The number of nitrogens with zero attached hydrogens (tertiary/aromatic N) is 4. The van der Waals surface area contributed by atoms with Gasteiger partial charge in [0, 0.05) is 29.5 Å². The molecule has 1 aliphatic carbocycles. The first-order valence-electron chi connectivity index (χ1n) is 9.98. The number of amides is 1. The van der Waals surface area contributed by atoms with Gasteiger partial charge in [0.15, 0.2) is 5.65 Å². The van der Waals surface area contributed by atoms with Crippen molar-refractivity contribution in [1.29, 1.82) is 0 Å². The highest BCUT2D eigenvalue weighted by molar-refractivity contribution is 9.10. The average molecular weight is 532 g/mol. The minimum Gasteiger partial charge on any atom is -0.353 e. The van der Waals surface area contributed by atoms with Crippen LogP contribution < -0.4 is 10.6 Å². The summed E-state index contributed by atoms with van der Waals surface area (Å²) < 4.78 is 41.3. The van der Waals surface area contributed by atoms with Crippen LogP contribution in [-0.4, -0.2) is 38.1 Å². The monoisotopic (exact) mass is 530 g/mol. The number of aromatic nitrogens is 4. The first kappa shape index (κ1) is 22.8. The molecule has 3 heterocycles. The van der Waals surface area contributed by atoms with Crippen molar-refractivity contribution in [1.82, 2.24) is 24.9 Å². The number of pyridine rings is 2. The second-order valence-electron chi connectivity index (χ2n) is 7.72. The van der Waals surface area contributed by atoms with E-state index in [1.807, 2.05) is 18.3 Å². The Balaban J connectivity index is 1.28. The Hall–Kier alpha value is -2.40. The highest BCUT2D eigenvalue weighted by atomic mass is 79.9. The van der Waals surface area contributed by atoms with Gasteiger partial charge in [-0.3, -0.25) is 4.79 Å². The lowest BCUT2D eigenvalue weighted by molar-refractivity contribution is -0.137. The van der Waals surface area contributed by atoms with E-state index in [1.54, 1.807) is 4.52 Å².